The highest BCUT2D eigenvalue weighted by Gasteiger charge is 2.52. The van der Waals surface area contributed by atoms with Gasteiger partial charge in [0, 0.05) is 17.8 Å². The summed E-state index contributed by atoms with van der Waals surface area (Å²) in [4.78, 5) is 8.18. The van der Waals surface area contributed by atoms with Crippen LogP contribution in [0.1, 0.15) is 0 Å². The molecule has 3 atom stereocenters. The van der Waals surface area contributed by atoms with Crippen molar-refractivity contribution in [3.05, 3.63) is 0 Å². The second-order valence-electron chi connectivity index (χ2n) is 1.45. The first-order valence-corrected chi connectivity index (χ1v) is 6.11. The first kappa shape index (κ1) is 10.3. The zero-order chi connectivity index (χ0) is 9.19. The minimum Gasteiger partial charge on any atom is -0.249 e. The Morgan fingerprint density at radius 1 is 1.67 bits per heavy atom. The molecule has 0 aliphatic carbocycles. The van der Waals surface area contributed by atoms with Crippen molar-refractivity contribution in [2.75, 3.05) is 6.79 Å². The molecule has 12 heavy (non-hydrogen) atoms. The molecule has 1 fully saturated rings. The molecule has 8 nitrogen and oxygen atoms in total. The third kappa shape index (κ3) is 2.94. The van der Waals surface area contributed by atoms with E-state index in [1.807, 2.05) is 0 Å². The highest BCUT2D eigenvalue weighted by atomic mass is 31.3. The fraction of sp³-hybridized carbons (Fsp3) is 1.00. The van der Waals surface area contributed by atoms with E-state index in [9.17, 15) is 13.7 Å². The van der Waals surface area contributed by atoms with Crippen molar-refractivity contribution in [1.82, 2.24) is 0 Å². The van der Waals surface area contributed by atoms with Gasteiger partial charge in [0.05, 0.1) is 0 Å². The van der Waals surface area contributed by atoms with E-state index in [-0.39, 0.29) is 0 Å². The smallest absolute Gasteiger partial charge is 0.249 e. The van der Waals surface area contributed by atoms with E-state index < -0.39 is 31.1 Å². The monoisotopic (exact) mass is 236 g/mol. The van der Waals surface area contributed by atoms with Gasteiger partial charge in [-0.1, -0.05) is 4.52 Å². The van der Waals surface area contributed by atoms with Crippen molar-refractivity contribution in [2.24, 2.45) is 0 Å². The summed E-state index contributed by atoms with van der Waals surface area (Å²) < 4.78 is 47.8. The Morgan fingerprint density at radius 3 is 2.83 bits per heavy atom. The minimum atomic E-state index is -4.17. The topological polar surface area (TPSA) is 108 Å². The Balaban J connectivity index is 2.64. The van der Waals surface area contributed by atoms with Crippen LogP contribution in [0.5, 0.6) is 0 Å². The zero-order valence-corrected chi connectivity index (χ0v) is 8.04. The number of phosphoric acid groups is 1. The molecule has 0 aromatic carbocycles. The average Bonchev–Trinajstić information content (AvgIpc) is 1.82. The second-order valence-corrected chi connectivity index (χ2v) is 5.09. The summed E-state index contributed by atoms with van der Waals surface area (Å²) >= 11 is 0. The van der Waals surface area contributed by atoms with Gasteiger partial charge in [-0.15, -0.1) is 4.89 Å². The SMILES string of the molecule is O=[P+](O)OP1(=O)OCO[P+](=O)O1. The molecule has 1 saturated heterocycles. The molecule has 11 heteroatoms. The van der Waals surface area contributed by atoms with Crippen LogP contribution < -0.4 is 0 Å². The van der Waals surface area contributed by atoms with Gasteiger partial charge in [-0.05, 0) is 0 Å². The molecule has 3 unspecified atom stereocenters. The maximum atomic E-state index is 11.0. The quantitative estimate of drug-likeness (QED) is 0.717. The largest absolute Gasteiger partial charge is 0.710 e. The van der Waals surface area contributed by atoms with Gasteiger partial charge in [-0.2, -0.15) is 0 Å². The van der Waals surface area contributed by atoms with Gasteiger partial charge in [0.25, 0.3) is 0 Å². The highest BCUT2D eigenvalue weighted by Crippen LogP contribution is 2.63. The Labute approximate surface area is 68.3 Å². The van der Waals surface area contributed by atoms with Crippen LogP contribution in [0, 0.1) is 0 Å². The van der Waals surface area contributed by atoms with E-state index in [0.29, 0.717) is 0 Å². The van der Waals surface area contributed by atoms with E-state index in [1.54, 1.807) is 0 Å². The molecule has 1 aliphatic rings. The van der Waals surface area contributed by atoms with Crippen LogP contribution in [0.3, 0.4) is 0 Å². The lowest BCUT2D eigenvalue weighted by atomic mass is 11.6. The predicted octanol–water partition coefficient (Wildman–Crippen LogP) is 1.44. The van der Waals surface area contributed by atoms with Gasteiger partial charge >= 0.3 is 24.3 Å². The molecule has 0 spiro atoms. The molecular weight excluding hydrogens is 233 g/mol. The molecule has 0 radical (unpaired) electrons. The van der Waals surface area contributed by atoms with Gasteiger partial charge in [-0.25, -0.2) is 9.09 Å². The standard InChI is InChI=1S/CH2O8P3/c2-10(3)8-12(5)7-1-6-11(4)9-12/h1H2/q+1/p+1. The van der Waals surface area contributed by atoms with E-state index in [4.69, 9.17) is 4.89 Å². The van der Waals surface area contributed by atoms with Crippen LogP contribution >= 0.6 is 24.3 Å². The fourth-order valence-electron chi connectivity index (χ4n) is 0.384. The second kappa shape index (κ2) is 3.96. The van der Waals surface area contributed by atoms with Crippen LogP contribution in [0.15, 0.2) is 0 Å². The lowest BCUT2D eigenvalue weighted by molar-refractivity contribution is 0.0561. The lowest BCUT2D eigenvalue weighted by Gasteiger charge is -2.05. The van der Waals surface area contributed by atoms with Gasteiger partial charge in [0.2, 0.25) is 6.79 Å². The van der Waals surface area contributed by atoms with Crippen LogP contribution in [0.25, 0.3) is 0 Å². The van der Waals surface area contributed by atoms with E-state index in [0.717, 1.165) is 0 Å². The Kier molecular flexibility index (Phi) is 3.40. The van der Waals surface area contributed by atoms with Crippen molar-refractivity contribution in [3.63, 3.8) is 0 Å². The highest BCUT2D eigenvalue weighted by molar-refractivity contribution is 7.62. The summed E-state index contributed by atoms with van der Waals surface area (Å²) in [5.41, 5.74) is 0. The third-order valence-electron chi connectivity index (χ3n) is 0.705. The molecule has 0 amide bonds. The van der Waals surface area contributed by atoms with Crippen molar-refractivity contribution in [2.45, 2.75) is 0 Å². The molecule has 68 valence electrons. The predicted molar refractivity (Wildman–Crippen MR) is 34.2 cm³/mol. The Morgan fingerprint density at radius 2 is 2.33 bits per heavy atom. The molecule has 1 aliphatic heterocycles. The molecule has 0 aromatic rings. The number of rotatable bonds is 2. The first-order valence-electron chi connectivity index (χ1n) is 2.42. The summed E-state index contributed by atoms with van der Waals surface area (Å²) in [5.74, 6) is 0. The minimum absolute atomic E-state index is 0.574. The Bertz CT molecular complexity index is 251. The van der Waals surface area contributed by atoms with Crippen molar-refractivity contribution >= 4 is 24.3 Å². The van der Waals surface area contributed by atoms with Crippen LogP contribution in [0.4, 0.5) is 0 Å². The summed E-state index contributed by atoms with van der Waals surface area (Å²) in [6.07, 6.45) is 0. The van der Waals surface area contributed by atoms with Crippen molar-refractivity contribution < 1.29 is 36.3 Å². The van der Waals surface area contributed by atoms with Gasteiger partial charge in [-0.3, -0.25) is 0 Å². The van der Waals surface area contributed by atoms with Crippen LogP contribution in [-0.4, -0.2) is 11.7 Å². The molecule has 0 saturated carbocycles. The molecule has 0 aromatic heterocycles. The van der Waals surface area contributed by atoms with E-state index >= 15 is 0 Å². The maximum absolute atomic E-state index is 11.0. The third-order valence-corrected chi connectivity index (χ3v) is 4.14. The van der Waals surface area contributed by atoms with Crippen LogP contribution in [0.2, 0.25) is 0 Å². The van der Waals surface area contributed by atoms with Gasteiger partial charge in [0.1, 0.15) is 0 Å². The van der Waals surface area contributed by atoms with Gasteiger partial charge < -0.3 is 0 Å². The van der Waals surface area contributed by atoms with Crippen LogP contribution in [-0.2, 0) is 31.4 Å². The summed E-state index contributed by atoms with van der Waals surface area (Å²) in [6.45, 7) is -0.574. The van der Waals surface area contributed by atoms with E-state index in [2.05, 4.69) is 17.7 Å². The number of hydrogen-bond donors (Lipinski definition) is 1. The summed E-state index contributed by atoms with van der Waals surface area (Å²) in [6, 6.07) is 0. The van der Waals surface area contributed by atoms with E-state index in [1.165, 1.54) is 0 Å². The molecule has 1 heterocycles. The first-order chi connectivity index (χ1) is 5.52. The fourth-order valence-corrected chi connectivity index (χ4v) is 3.08. The van der Waals surface area contributed by atoms with Crippen molar-refractivity contribution in [3.8, 4) is 0 Å². The maximum Gasteiger partial charge on any atom is 0.710 e. The average molecular weight is 236 g/mol. The number of hydrogen-bond acceptors (Lipinski definition) is 7. The normalized spacial score (nSPS) is 34.8. The van der Waals surface area contributed by atoms with Gasteiger partial charge in [0.15, 0.2) is 0 Å². The van der Waals surface area contributed by atoms with Crippen molar-refractivity contribution in [1.29, 1.82) is 0 Å². The molecular formula is CH3O8P3+2. The molecule has 0 bridgehead atoms. The Hall–Kier alpha value is 0.230. The lowest BCUT2D eigenvalue weighted by Crippen LogP contribution is -2.02. The summed E-state index contributed by atoms with van der Waals surface area (Å²) in [7, 11) is -9.92. The zero-order valence-electron chi connectivity index (χ0n) is 5.35. The summed E-state index contributed by atoms with van der Waals surface area (Å²) in [5, 5.41) is 0. The molecule has 1 rings (SSSR count). The molecule has 1 N–H and O–H groups in total.